The number of rotatable bonds is 3. The normalized spacial score (nSPS) is 20.1. The molecule has 1 atom stereocenters. The van der Waals surface area contributed by atoms with Crippen LogP contribution in [0.5, 0.6) is 0 Å². The van der Waals surface area contributed by atoms with Gasteiger partial charge in [-0.2, -0.15) is 0 Å². The molecule has 1 unspecified atom stereocenters. The molecule has 1 fully saturated rings. The van der Waals surface area contributed by atoms with E-state index in [-0.39, 0.29) is 12.1 Å². The third-order valence-electron chi connectivity index (χ3n) is 5.55. The standard InChI is InChI=1S/C20H18N4O5/c1-2-23-15-9-8-14(24(28)29)10-13(15)11-20(16(23)12-6-4-3-5-7-12)17(25)21-19(27)22-18(20)26/h3-10,16H,2,11H2,1H3,(H2,21,22,25,26,27). The lowest BCUT2D eigenvalue weighted by atomic mass is 9.66. The summed E-state index contributed by atoms with van der Waals surface area (Å²) in [6.07, 6.45) is -0.0645. The average molecular weight is 394 g/mol. The fraction of sp³-hybridized carbons (Fsp3) is 0.250. The van der Waals surface area contributed by atoms with Gasteiger partial charge in [-0.05, 0) is 24.1 Å². The van der Waals surface area contributed by atoms with Crippen molar-refractivity contribution in [2.24, 2.45) is 5.41 Å². The molecular weight excluding hydrogens is 376 g/mol. The third kappa shape index (κ3) is 2.74. The number of fused-ring (bicyclic) bond motifs is 1. The number of benzene rings is 2. The zero-order valence-electron chi connectivity index (χ0n) is 15.5. The molecule has 2 heterocycles. The van der Waals surface area contributed by atoms with Crippen LogP contribution in [0.15, 0.2) is 48.5 Å². The van der Waals surface area contributed by atoms with Gasteiger partial charge in [0.25, 0.3) is 5.69 Å². The summed E-state index contributed by atoms with van der Waals surface area (Å²) in [5, 5.41) is 15.7. The molecule has 9 nitrogen and oxygen atoms in total. The van der Waals surface area contributed by atoms with Crippen molar-refractivity contribution in [3.05, 3.63) is 69.8 Å². The van der Waals surface area contributed by atoms with Gasteiger partial charge in [0.1, 0.15) is 0 Å². The first kappa shape index (κ1) is 18.6. The largest absolute Gasteiger partial charge is 0.363 e. The summed E-state index contributed by atoms with van der Waals surface area (Å²) >= 11 is 0. The molecule has 9 heteroatoms. The van der Waals surface area contributed by atoms with Crippen molar-refractivity contribution in [3.8, 4) is 0 Å². The Morgan fingerprint density at radius 3 is 2.34 bits per heavy atom. The van der Waals surface area contributed by atoms with Crippen molar-refractivity contribution >= 4 is 29.2 Å². The molecule has 2 aromatic rings. The molecule has 2 aromatic carbocycles. The number of nitrogens with one attached hydrogen (secondary N) is 2. The predicted molar refractivity (Wildman–Crippen MR) is 103 cm³/mol. The van der Waals surface area contributed by atoms with Crippen LogP contribution in [-0.2, 0) is 16.0 Å². The molecule has 4 amide bonds. The second-order valence-electron chi connectivity index (χ2n) is 7.05. The lowest BCUT2D eigenvalue weighted by Gasteiger charge is -2.50. The van der Waals surface area contributed by atoms with Crippen molar-refractivity contribution in [3.63, 3.8) is 0 Å². The number of carbonyl (C=O) groups is 3. The van der Waals surface area contributed by atoms with Crippen molar-refractivity contribution in [2.45, 2.75) is 19.4 Å². The van der Waals surface area contributed by atoms with E-state index < -0.39 is 34.2 Å². The maximum absolute atomic E-state index is 13.1. The Balaban J connectivity index is 1.98. The van der Waals surface area contributed by atoms with Gasteiger partial charge < -0.3 is 4.90 Å². The van der Waals surface area contributed by atoms with Crippen LogP contribution in [0, 0.1) is 15.5 Å². The van der Waals surface area contributed by atoms with Crippen LogP contribution in [0.1, 0.15) is 24.1 Å². The topological polar surface area (TPSA) is 122 Å². The van der Waals surface area contributed by atoms with E-state index in [2.05, 4.69) is 10.6 Å². The second kappa shape index (κ2) is 6.69. The van der Waals surface area contributed by atoms with E-state index in [1.807, 2.05) is 42.2 Å². The number of barbiturate groups is 1. The zero-order chi connectivity index (χ0) is 20.8. The van der Waals surface area contributed by atoms with Crippen LogP contribution < -0.4 is 15.5 Å². The molecule has 29 heavy (non-hydrogen) atoms. The number of hydrogen-bond donors (Lipinski definition) is 2. The van der Waals surface area contributed by atoms with Crippen LogP contribution in [0.4, 0.5) is 16.2 Å². The molecule has 0 radical (unpaired) electrons. The first-order valence-corrected chi connectivity index (χ1v) is 9.14. The van der Waals surface area contributed by atoms with Gasteiger partial charge in [-0.3, -0.25) is 30.3 Å². The molecule has 1 saturated heterocycles. The van der Waals surface area contributed by atoms with Crippen LogP contribution in [0.25, 0.3) is 0 Å². The summed E-state index contributed by atoms with van der Waals surface area (Å²) in [5.74, 6) is -1.42. The number of hydrogen-bond acceptors (Lipinski definition) is 6. The minimum atomic E-state index is -1.65. The first-order chi connectivity index (χ1) is 13.9. The molecule has 0 saturated carbocycles. The Labute approximate surface area is 165 Å². The van der Waals surface area contributed by atoms with Gasteiger partial charge in [-0.1, -0.05) is 30.3 Å². The molecule has 1 spiro atoms. The second-order valence-corrected chi connectivity index (χ2v) is 7.05. The number of non-ortho nitro benzene ring substituents is 1. The van der Waals surface area contributed by atoms with Crippen LogP contribution in [0.3, 0.4) is 0 Å². The predicted octanol–water partition coefficient (Wildman–Crippen LogP) is 2.07. The van der Waals surface area contributed by atoms with Gasteiger partial charge >= 0.3 is 6.03 Å². The van der Waals surface area contributed by atoms with Gasteiger partial charge in [0, 0.05) is 30.8 Å². The average Bonchev–Trinajstić information content (AvgIpc) is 2.71. The van der Waals surface area contributed by atoms with E-state index in [9.17, 15) is 24.5 Å². The lowest BCUT2D eigenvalue weighted by Crippen LogP contribution is -2.68. The maximum atomic E-state index is 13.1. The fourth-order valence-corrected chi connectivity index (χ4v) is 4.33. The molecule has 0 aliphatic carbocycles. The number of nitrogens with zero attached hydrogens (tertiary/aromatic N) is 2. The van der Waals surface area contributed by atoms with E-state index in [4.69, 9.17) is 0 Å². The van der Waals surface area contributed by atoms with Gasteiger partial charge in [0.05, 0.1) is 11.0 Å². The summed E-state index contributed by atoms with van der Waals surface area (Å²) in [6.45, 7) is 2.32. The Hall–Kier alpha value is -3.75. The molecule has 148 valence electrons. The number of amides is 4. The molecule has 2 aliphatic rings. The van der Waals surface area contributed by atoms with Gasteiger partial charge in [0.15, 0.2) is 5.41 Å². The molecule has 0 aromatic heterocycles. The summed E-state index contributed by atoms with van der Waals surface area (Å²) < 4.78 is 0. The number of nitro groups is 1. The van der Waals surface area contributed by atoms with E-state index >= 15 is 0 Å². The van der Waals surface area contributed by atoms with Gasteiger partial charge in [-0.25, -0.2) is 4.79 Å². The first-order valence-electron chi connectivity index (χ1n) is 9.14. The van der Waals surface area contributed by atoms with E-state index in [0.29, 0.717) is 12.1 Å². The Morgan fingerprint density at radius 2 is 1.76 bits per heavy atom. The van der Waals surface area contributed by atoms with Crippen LogP contribution in [-0.4, -0.2) is 29.3 Å². The number of imide groups is 2. The minimum absolute atomic E-state index is 0.0645. The lowest BCUT2D eigenvalue weighted by molar-refractivity contribution is -0.384. The summed E-state index contributed by atoms with van der Waals surface area (Å²) in [5.41, 5.74) is 0.190. The highest BCUT2D eigenvalue weighted by molar-refractivity contribution is 6.20. The fourth-order valence-electron chi connectivity index (χ4n) is 4.33. The quantitative estimate of drug-likeness (QED) is 0.467. The Bertz CT molecular complexity index is 1020. The summed E-state index contributed by atoms with van der Waals surface area (Å²) in [7, 11) is 0. The summed E-state index contributed by atoms with van der Waals surface area (Å²) in [4.78, 5) is 50.6. The molecule has 0 bridgehead atoms. The summed E-state index contributed by atoms with van der Waals surface area (Å²) in [6, 6.07) is 12.0. The highest BCUT2D eigenvalue weighted by atomic mass is 16.6. The van der Waals surface area contributed by atoms with Crippen molar-refractivity contribution < 1.29 is 19.3 Å². The number of nitro benzene ring substituents is 1. The Kier molecular flexibility index (Phi) is 4.30. The van der Waals surface area contributed by atoms with Crippen molar-refractivity contribution in [2.75, 3.05) is 11.4 Å². The zero-order valence-corrected chi connectivity index (χ0v) is 15.5. The SMILES string of the molecule is CCN1c2ccc([N+](=O)[O-])cc2CC2(C(=O)NC(=O)NC2=O)C1c1ccccc1. The molecular formula is C20H18N4O5. The van der Waals surface area contributed by atoms with Crippen LogP contribution in [0.2, 0.25) is 0 Å². The van der Waals surface area contributed by atoms with E-state index in [0.717, 1.165) is 11.3 Å². The minimum Gasteiger partial charge on any atom is -0.363 e. The number of anilines is 1. The van der Waals surface area contributed by atoms with Crippen molar-refractivity contribution in [1.82, 2.24) is 10.6 Å². The number of urea groups is 1. The molecule has 4 rings (SSSR count). The van der Waals surface area contributed by atoms with Gasteiger partial charge in [-0.15, -0.1) is 0 Å². The maximum Gasteiger partial charge on any atom is 0.328 e. The Morgan fingerprint density at radius 1 is 1.10 bits per heavy atom. The third-order valence-corrected chi connectivity index (χ3v) is 5.55. The van der Waals surface area contributed by atoms with E-state index in [1.165, 1.54) is 12.1 Å². The van der Waals surface area contributed by atoms with Crippen LogP contribution >= 0.6 is 0 Å². The monoisotopic (exact) mass is 394 g/mol. The molecule has 2 aliphatic heterocycles. The highest BCUT2D eigenvalue weighted by Crippen LogP contribution is 2.51. The van der Waals surface area contributed by atoms with E-state index in [1.54, 1.807) is 6.07 Å². The highest BCUT2D eigenvalue weighted by Gasteiger charge is 2.60. The van der Waals surface area contributed by atoms with Crippen molar-refractivity contribution in [1.29, 1.82) is 0 Å². The number of carbonyl (C=O) groups excluding carboxylic acids is 3. The molecule has 2 N–H and O–H groups in total. The van der Waals surface area contributed by atoms with Gasteiger partial charge in [0.2, 0.25) is 11.8 Å². The smallest absolute Gasteiger partial charge is 0.328 e.